The zero-order chi connectivity index (χ0) is 13.1. The van der Waals surface area contributed by atoms with Crippen molar-refractivity contribution in [3.63, 3.8) is 0 Å². The largest absolute Gasteiger partial charge is 0.322 e. The number of benzene rings is 1. The fraction of sp³-hybridized carbons (Fsp3) is 0. The Morgan fingerprint density at radius 3 is 2.44 bits per heavy atom. The molecule has 6 heteroatoms. The van der Waals surface area contributed by atoms with Gasteiger partial charge in [0.25, 0.3) is 5.91 Å². The van der Waals surface area contributed by atoms with Crippen molar-refractivity contribution in [1.82, 2.24) is 4.98 Å². The number of anilines is 1. The van der Waals surface area contributed by atoms with Gasteiger partial charge in [0.1, 0.15) is 16.8 Å². The standard InChI is InChI=1S/C12H7ClF2N2O/c13-11-3-7(1-2-16-11)12(18)17-10-5-8(14)4-9(15)6-10/h1-6H,(H,17,18). The molecule has 0 atom stereocenters. The summed E-state index contributed by atoms with van der Waals surface area (Å²) in [4.78, 5) is 15.5. The second kappa shape index (κ2) is 5.10. The smallest absolute Gasteiger partial charge is 0.255 e. The lowest BCUT2D eigenvalue weighted by atomic mass is 10.2. The molecule has 0 radical (unpaired) electrons. The summed E-state index contributed by atoms with van der Waals surface area (Å²) < 4.78 is 25.8. The van der Waals surface area contributed by atoms with Gasteiger partial charge < -0.3 is 5.32 Å². The van der Waals surface area contributed by atoms with Gasteiger partial charge in [-0.1, -0.05) is 11.6 Å². The SMILES string of the molecule is O=C(Nc1cc(F)cc(F)c1)c1ccnc(Cl)c1. The third-order valence-corrected chi connectivity index (χ3v) is 2.32. The van der Waals surface area contributed by atoms with E-state index in [9.17, 15) is 13.6 Å². The number of halogens is 3. The van der Waals surface area contributed by atoms with E-state index in [0.29, 0.717) is 0 Å². The number of nitrogens with one attached hydrogen (secondary N) is 1. The molecule has 1 aromatic heterocycles. The highest BCUT2D eigenvalue weighted by Crippen LogP contribution is 2.15. The lowest BCUT2D eigenvalue weighted by Crippen LogP contribution is -2.12. The highest BCUT2D eigenvalue weighted by molar-refractivity contribution is 6.29. The summed E-state index contributed by atoms with van der Waals surface area (Å²) in [6.07, 6.45) is 1.36. The van der Waals surface area contributed by atoms with Gasteiger partial charge in [-0.3, -0.25) is 4.79 Å². The molecule has 0 unspecified atom stereocenters. The van der Waals surface area contributed by atoms with Crippen molar-refractivity contribution in [1.29, 1.82) is 0 Å². The number of nitrogens with zero attached hydrogens (tertiary/aromatic N) is 1. The molecule has 2 rings (SSSR count). The Balaban J connectivity index is 2.21. The van der Waals surface area contributed by atoms with E-state index in [2.05, 4.69) is 10.3 Å². The molecule has 0 aliphatic carbocycles. The molecule has 0 saturated carbocycles. The van der Waals surface area contributed by atoms with Crippen molar-refractivity contribution in [3.05, 3.63) is 58.9 Å². The number of hydrogen-bond donors (Lipinski definition) is 1. The van der Waals surface area contributed by atoms with Gasteiger partial charge in [-0.15, -0.1) is 0 Å². The van der Waals surface area contributed by atoms with Crippen molar-refractivity contribution in [2.24, 2.45) is 0 Å². The molecule has 0 aliphatic rings. The summed E-state index contributed by atoms with van der Waals surface area (Å²) in [6.45, 7) is 0. The summed E-state index contributed by atoms with van der Waals surface area (Å²) in [6, 6.07) is 5.55. The Morgan fingerprint density at radius 1 is 1.17 bits per heavy atom. The minimum atomic E-state index is -0.766. The number of pyridine rings is 1. The molecule has 18 heavy (non-hydrogen) atoms. The minimum Gasteiger partial charge on any atom is -0.322 e. The lowest BCUT2D eigenvalue weighted by Gasteiger charge is -2.05. The second-order valence-electron chi connectivity index (χ2n) is 3.48. The molecule has 0 fully saturated rings. The molecular formula is C12H7ClF2N2O. The van der Waals surface area contributed by atoms with Crippen LogP contribution >= 0.6 is 11.6 Å². The molecule has 2 aromatic rings. The van der Waals surface area contributed by atoms with E-state index in [1.165, 1.54) is 18.3 Å². The van der Waals surface area contributed by atoms with Crippen LogP contribution in [-0.2, 0) is 0 Å². The lowest BCUT2D eigenvalue weighted by molar-refractivity contribution is 0.102. The van der Waals surface area contributed by atoms with Crippen molar-refractivity contribution in [2.75, 3.05) is 5.32 Å². The van der Waals surface area contributed by atoms with Gasteiger partial charge in [-0.25, -0.2) is 13.8 Å². The van der Waals surface area contributed by atoms with E-state index in [4.69, 9.17) is 11.6 Å². The van der Waals surface area contributed by atoms with E-state index in [1.54, 1.807) is 0 Å². The number of aromatic nitrogens is 1. The van der Waals surface area contributed by atoms with Crippen LogP contribution in [-0.4, -0.2) is 10.9 Å². The number of rotatable bonds is 2. The average molecular weight is 269 g/mol. The average Bonchev–Trinajstić information content (AvgIpc) is 2.27. The topological polar surface area (TPSA) is 42.0 Å². The third kappa shape index (κ3) is 3.01. The third-order valence-electron chi connectivity index (χ3n) is 2.11. The maximum atomic E-state index is 12.9. The van der Waals surface area contributed by atoms with Gasteiger partial charge in [0, 0.05) is 23.5 Å². The van der Waals surface area contributed by atoms with Gasteiger partial charge in [-0.05, 0) is 24.3 Å². The minimum absolute atomic E-state index is 0.0328. The number of carbonyl (C=O) groups is 1. The normalized spacial score (nSPS) is 10.2. The summed E-state index contributed by atoms with van der Waals surface area (Å²) >= 11 is 5.63. The number of amides is 1. The highest BCUT2D eigenvalue weighted by Gasteiger charge is 2.08. The Kier molecular flexibility index (Phi) is 3.53. The highest BCUT2D eigenvalue weighted by atomic mass is 35.5. The van der Waals surface area contributed by atoms with Crippen LogP contribution in [0, 0.1) is 11.6 Å². The first-order valence-corrected chi connectivity index (χ1v) is 5.31. The van der Waals surface area contributed by atoms with Crippen LogP contribution < -0.4 is 5.32 Å². The molecule has 3 nitrogen and oxygen atoms in total. The molecule has 0 bridgehead atoms. The molecule has 1 heterocycles. The van der Waals surface area contributed by atoms with Gasteiger partial charge in [0.05, 0.1) is 0 Å². The summed E-state index contributed by atoms with van der Waals surface area (Å²) in [5.41, 5.74) is 0.283. The molecule has 1 amide bonds. The van der Waals surface area contributed by atoms with E-state index in [-0.39, 0.29) is 16.4 Å². The van der Waals surface area contributed by atoms with Crippen molar-refractivity contribution < 1.29 is 13.6 Å². The fourth-order valence-electron chi connectivity index (χ4n) is 1.37. The van der Waals surface area contributed by atoms with Crippen LogP contribution in [0.3, 0.4) is 0 Å². The Labute approximate surface area is 106 Å². The fourth-order valence-corrected chi connectivity index (χ4v) is 1.55. The van der Waals surface area contributed by atoms with Gasteiger partial charge in [-0.2, -0.15) is 0 Å². The van der Waals surface area contributed by atoms with E-state index in [1.807, 2.05) is 0 Å². The first kappa shape index (κ1) is 12.4. The number of carbonyl (C=O) groups excluding carboxylic acids is 1. The molecule has 1 N–H and O–H groups in total. The first-order valence-electron chi connectivity index (χ1n) is 4.93. The van der Waals surface area contributed by atoms with Gasteiger partial charge >= 0.3 is 0 Å². The second-order valence-corrected chi connectivity index (χ2v) is 3.87. The van der Waals surface area contributed by atoms with E-state index < -0.39 is 17.5 Å². The summed E-state index contributed by atoms with van der Waals surface area (Å²) in [5, 5.41) is 2.52. The monoisotopic (exact) mass is 268 g/mol. The Bertz CT molecular complexity index is 584. The predicted octanol–water partition coefficient (Wildman–Crippen LogP) is 3.27. The van der Waals surface area contributed by atoms with E-state index in [0.717, 1.165) is 18.2 Å². The molecule has 92 valence electrons. The van der Waals surface area contributed by atoms with Crippen molar-refractivity contribution in [3.8, 4) is 0 Å². The zero-order valence-electron chi connectivity index (χ0n) is 8.95. The van der Waals surface area contributed by atoms with Crippen LogP contribution in [0.25, 0.3) is 0 Å². The quantitative estimate of drug-likeness (QED) is 0.850. The zero-order valence-corrected chi connectivity index (χ0v) is 9.71. The van der Waals surface area contributed by atoms with Crippen LogP contribution in [0.15, 0.2) is 36.5 Å². The Morgan fingerprint density at radius 2 is 1.83 bits per heavy atom. The summed E-state index contributed by atoms with van der Waals surface area (Å²) in [7, 11) is 0. The molecule has 0 spiro atoms. The maximum absolute atomic E-state index is 12.9. The van der Waals surface area contributed by atoms with Gasteiger partial charge in [0.2, 0.25) is 0 Å². The molecular weight excluding hydrogens is 262 g/mol. The first-order chi connectivity index (χ1) is 8.54. The van der Waals surface area contributed by atoms with Crippen LogP contribution in [0.2, 0.25) is 5.15 Å². The molecule has 0 saturated heterocycles. The van der Waals surface area contributed by atoms with E-state index >= 15 is 0 Å². The number of hydrogen-bond acceptors (Lipinski definition) is 2. The van der Waals surface area contributed by atoms with Crippen molar-refractivity contribution >= 4 is 23.2 Å². The van der Waals surface area contributed by atoms with Crippen molar-refractivity contribution in [2.45, 2.75) is 0 Å². The van der Waals surface area contributed by atoms with Gasteiger partial charge in [0.15, 0.2) is 0 Å². The maximum Gasteiger partial charge on any atom is 0.255 e. The summed E-state index contributed by atoms with van der Waals surface area (Å²) in [5.74, 6) is -2.06. The predicted molar refractivity (Wildman–Crippen MR) is 63.6 cm³/mol. The Hall–Kier alpha value is -2.01. The molecule has 0 aliphatic heterocycles. The van der Waals surface area contributed by atoms with Crippen LogP contribution in [0.1, 0.15) is 10.4 Å². The molecule has 1 aromatic carbocycles. The van der Waals surface area contributed by atoms with Crippen LogP contribution in [0.4, 0.5) is 14.5 Å². The van der Waals surface area contributed by atoms with Crippen LogP contribution in [0.5, 0.6) is 0 Å².